The molecule has 0 unspecified atom stereocenters. The van der Waals surface area contributed by atoms with Crippen LogP contribution in [0, 0.1) is 12.3 Å². The number of nitrogens with two attached hydrogens (primary N) is 1. The normalized spacial score (nSPS) is 11.7. The number of nitrogen functional groups attached to an aromatic ring is 1. The molecule has 0 amide bonds. The Morgan fingerprint density at radius 3 is 2.59 bits per heavy atom. The van der Waals surface area contributed by atoms with Gasteiger partial charge in [0.25, 0.3) is 0 Å². The number of benzene rings is 2. The topological polar surface area (TPSA) is 170 Å². The summed E-state index contributed by atoms with van der Waals surface area (Å²) in [7, 11) is -4.26. The molecule has 2 aromatic carbocycles. The molecule has 4 N–H and O–H groups in total. The predicted molar refractivity (Wildman–Crippen MR) is 138 cm³/mol. The number of sulfonamides is 1. The van der Waals surface area contributed by atoms with E-state index in [-0.39, 0.29) is 41.7 Å². The monoisotopic (exact) mass is 545 g/mol. The lowest BCUT2D eigenvalue weighted by molar-refractivity contribution is -0.307. The Kier molecular flexibility index (Phi) is 8.89. The van der Waals surface area contributed by atoms with Gasteiger partial charge in [-0.3, -0.25) is 5.41 Å². The van der Waals surface area contributed by atoms with Crippen LogP contribution in [0.15, 0.2) is 46.7 Å². The highest BCUT2D eigenvalue weighted by molar-refractivity contribution is 7.89. The quantitative estimate of drug-likeness (QED) is 0.230. The molecule has 0 aliphatic rings. The van der Waals surface area contributed by atoms with Gasteiger partial charge in [0.2, 0.25) is 10.0 Å². The largest absolute Gasteiger partial charge is 0.546 e. The van der Waals surface area contributed by atoms with E-state index < -0.39 is 28.3 Å². The van der Waals surface area contributed by atoms with Crippen LogP contribution < -0.4 is 15.6 Å². The second-order valence-corrected chi connectivity index (χ2v) is 11.7. The number of carboxylic acid groups (broad SMARTS) is 1. The Morgan fingerprint density at radius 2 is 2.00 bits per heavy atom. The smallest absolute Gasteiger partial charge is 0.247 e. The van der Waals surface area contributed by atoms with Crippen LogP contribution in [0.1, 0.15) is 47.2 Å². The molecule has 10 nitrogen and oxygen atoms in total. The Labute approximate surface area is 219 Å². The van der Waals surface area contributed by atoms with Crippen molar-refractivity contribution in [2.45, 2.75) is 44.6 Å². The van der Waals surface area contributed by atoms with Crippen LogP contribution in [-0.2, 0) is 27.8 Å². The molecule has 0 spiro atoms. The molecule has 0 saturated carbocycles. The first kappa shape index (κ1) is 28.1. The fraction of sp³-hybridized carbons (Fsp3) is 0.320. The van der Waals surface area contributed by atoms with E-state index in [0.717, 1.165) is 16.6 Å². The molecule has 0 aliphatic carbocycles. The number of aromatic nitrogens is 1. The van der Waals surface area contributed by atoms with Crippen molar-refractivity contribution in [3.05, 3.63) is 69.2 Å². The zero-order valence-corrected chi connectivity index (χ0v) is 22.4. The van der Waals surface area contributed by atoms with Crippen molar-refractivity contribution in [2.75, 3.05) is 13.2 Å². The molecule has 198 valence electrons. The molecule has 3 rings (SSSR count). The Hall–Kier alpha value is -3.48. The molecule has 0 atom stereocenters. The number of nitrogens with zero attached hydrogens (tertiary/aromatic N) is 2. The number of nitrogens with one attached hydrogen (secondary N) is 1. The van der Waals surface area contributed by atoms with Crippen LogP contribution in [0.3, 0.4) is 0 Å². The molecule has 1 aromatic heterocycles. The third-order valence-electron chi connectivity index (χ3n) is 5.63. The average molecular weight is 546 g/mol. The molecular weight excluding hydrogens is 516 g/mol. The second-order valence-electron chi connectivity index (χ2n) is 8.73. The van der Waals surface area contributed by atoms with Gasteiger partial charge < -0.3 is 25.5 Å². The van der Waals surface area contributed by atoms with Gasteiger partial charge >= 0.3 is 0 Å². The summed E-state index contributed by atoms with van der Waals surface area (Å²) < 4.78 is 34.1. The number of hydrogen-bond donors (Lipinski definition) is 3. The van der Waals surface area contributed by atoms with Crippen molar-refractivity contribution in [2.24, 2.45) is 5.73 Å². The number of thiazole rings is 1. The van der Waals surface area contributed by atoms with Gasteiger partial charge in [-0.2, -0.15) is 4.31 Å². The summed E-state index contributed by atoms with van der Waals surface area (Å²) in [5.41, 5.74) is 7.78. The minimum atomic E-state index is -4.26. The number of carbonyl (C=O) groups is 1. The fourth-order valence-corrected chi connectivity index (χ4v) is 5.75. The maximum absolute atomic E-state index is 13.7. The summed E-state index contributed by atoms with van der Waals surface area (Å²) in [4.78, 5) is 15.0. The van der Waals surface area contributed by atoms with Gasteiger partial charge in [0.05, 0.1) is 23.2 Å². The Bertz CT molecular complexity index is 1400. The van der Waals surface area contributed by atoms with Gasteiger partial charge in [0.1, 0.15) is 28.8 Å². The highest BCUT2D eigenvalue weighted by atomic mass is 32.2. The van der Waals surface area contributed by atoms with Crippen molar-refractivity contribution in [1.82, 2.24) is 9.29 Å². The average Bonchev–Trinajstić information content (AvgIpc) is 3.24. The van der Waals surface area contributed by atoms with Crippen LogP contribution >= 0.6 is 11.3 Å². The van der Waals surface area contributed by atoms with Gasteiger partial charge in [-0.25, -0.2) is 13.4 Å². The molecular formula is C25H29N4O6S2-. The lowest BCUT2D eigenvalue weighted by Gasteiger charge is -2.23. The van der Waals surface area contributed by atoms with Crippen LogP contribution in [-0.4, -0.2) is 47.8 Å². The number of ether oxygens (including phenoxy) is 1. The minimum absolute atomic E-state index is 0.0225. The molecule has 0 radical (unpaired) electrons. The van der Waals surface area contributed by atoms with Gasteiger partial charge in [-0.05, 0) is 54.7 Å². The zero-order chi connectivity index (χ0) is 27.3. The van der Waals surface area contributed by atoms with Gasteiger partial charge in [-0.1, -0.05) is 26.0 Å². The molecule has 0 bridgehead atoms. The van der Waals surface area contributed by atoms with E-state index in [2.05, 4.69) is 4.98 Å². The number of phenols is 1. The third-order valence-corrected chi connectivity index (χ3v) is 8.32. The lowest BCUT2D eigenvalue weighted by atomic mass is 10.00. The number of phenolic OH excluding ortho intramolecular Hbond substituents is 1. The van der Waals surface area contributed by atoms with Gasteiger partial charge in [0.15, 0.2) is 0 Å². The summed E-state index contributed by atoms with van der Waals surface area (Å²) >= 11 is 1.38. The number of aromatic hydroxyl groups is 1. The summed E-state index contributed by atoms with van der Waals surface area (Å²) in [6.45, 7) is 5.07. The fourth-order valence-electron chi connectivity index (χ4n) is 3.63. The number of carboxylic acids is 1. The predicted octanol–water partition coefficient (Wildman–Crippen LogP) is 2.13. The first-order chi connectivity index (χ1) is 17.4. The molecule has 3 aromatic rings. The molecule has 0 fully saturated rings. The SMILES string of the molecule is Cc1nc(CN(CCc2ccc(C(C)C)cc2OCC(=O)[O-])S(=O)(=O)c2cc(C(=N)N)ccc2O)cs1. The van der Waals surface area contributed by atoms with Crippen LogP contribution in [0.4, 0.5) is 0 Å². The maximum Gasteiger partial charge on any atom is 0.247 e. The molecule has 37 heavy (non-hydrogen) atoms. The van der Waals surface area contributed by atoms with Gasteiger partial charge in [0, 0.05) is 17.5 Å². The molecule has 1 heterocycles. The second kappa shape index (κ2) is 11.7. The lowest BCUT2D eigenvalue weighted by Crippen LogP contribution is -2.33. The van der Waals surface area contributed by atoms with Crippen molar-refractivity contribution >= 4 is 33.2 Å². The van der Waals surface area contributed by atoms with E-state index in [1.54, 1.807) is 17.5 Å². The maximum atomic E-state index is 13.7. The highest BCUT2D eigenvalue weighted by Crippen LogP contribution is 2.30. The number of amidine groups is 1. The highest BCUT2D eigenvalue weighted by Gasteiger charge is 2.29. The molecule has 12 heteroatoms. The summed E-state index contributed by atoms with van der Waals surface area (Å²) in [6, 6.07) is 9.13. The Balaban J connectivity index is 1.99. The zero-order valence-electron chi connectivity index (χ0n) is 20.7. The number of aliphatic carboxylic acids is 1. The number of hydrogen-bond acceptors (Lipinski definition) is 9. The number of aryl methyl sites for hydroxylation is 1. The number of carbonyl (C=O) groups excluding carboxylic acids is 1. The molecule has 0 aliphatic heterocycles. The van der Waals surface area contributed by atoms with E-state index in [0.29, 0.717) is 17.0 Å². The van der Waals surface area contributed by atoms with Crippen molar-refractivity contribution in [1.29, 1.82) is 5.41 Å². The van der Waals surface area contributed by atoms with Crippen molar-refractivity contribution in [3.63, 3.8) is 0 Å². The summed E-state index contributed by atoms with van der Waals surface area (Å²) in [5.74, 6) is -1.68. The van der Waals surface area contributed by atoms with Crippen LogP contribution in [0.25, 0.3) is 0 Å². The van der Waals surface area contributed by atoms with Crippen LogP contribution in [0.2, 0.25) is 0 Å². The van der Waals surface area contributed by atoms with Crippen molar-refractivity contribution < 1.29 is 28.2 Å². The standard InChI is InChI=1S/C25H30N4O6S2/c1-15(2)18-5-4-17(22(10-18)35-13-24(31)32)8-9-29(12-20-14-36-16(3)28-20)37(33,34)23-11-19(25(26)27)6-7-21(23)30/h4-7,10-11,14-15,30H,8-9,12-13H2,1-3H3,(H3,26,27)(H,31,32)/p-1. The first-order valence-corrected chi connectivity index (χ1v) is 13.7. The third kappa shape index (κ3) is 7.06. The minimum Gasteiger partial charge on any atom is -0.546 e. The van der Waals surface area contributed by atoms with E-state index in [1.165, 1.54) is 27.8 Å². The van der Waals surface area contributed by atoms with E-state index in [9.17, 15) is 23.4 Å². The summed E-state index contributed by atoms with van der Waals surface area (Å²) in [5, 5.41) is 31.6. The van der Waals surface area contributed by atoms with Crippen LogP contribution in [0.5, 0.6) is 11.5 Å². The first-order valence-electron chi connectivity index (χ1n) is 11.4. The van der Waals surface area contributed by atoms with E-state index in [1.807, 2.05) is 26.8 Å². The Morgan fingerprint density at radius 1 is 1.27 bits per heavy atom. The number of rotatable bonds is 12. The van der Waals surface area contributed by atoms with E-state index >= 15 is 0 Å². The summed E-state index contributed by atoms with van der Waals surface area (Å²) in [6.07, 6.45) is 0.191. The molecule has 0 saturated heterocycles. The van der Waals surface area contributed by atoms with Crippen molar-refractivity contribution in [3.8, 4) is 11.5 Å². The van der Waals surface area contributed by atoms with Gasteiger partial charge in [-0.15, -0.1) is 11.3 Å². The van der Waals surface area contributed by atoms with E-state index in [4.69, 9.17) is 15.9 Å².